The highest BCUT2D eigenvalue weighted by Crippen LogP contribution is 2.41. The zero-order valence-corrected chi connectivity index (χ0v) is 15.1. The van der Waals surface area contributed by atoms with E-state index in [1.165, 1.54) is 5.56 Å². The summed E-state index contributed by atoms with van der Waals surface area (Å²) < 4.78 is 0. The van der Waals surface area contributed by atoms with Crippen LogP contribution in [0.15, 0.2) is 78.9 Å². The minimum atomic E-state index is -0.879. The fourth-order valence-electron chi connectivity index (χ4n) is 4.17. The number of aromatic carboxylic acids is 1. The van der Waals surface area contributed by atoms with Crippen molar-refractivity contribution in [2.45, 2.75) is 18.3 Å². The van der Waals surface area contributed by atoms with Crippen molar-refractivity contribution in [3.05, 3.63) is 95.6 Å². The van der Waals surface area contributed by atoms with Crippen LogP contribution in [0.4, 0.5) is 0 Å². The molecule has 0 radical (unpaired) electrons. The molecule has 0 amide bonds. The molecule has 3 nitrogen and oxygen atoms in total. The van der Waals surface area contributed by atoms with E-state index in [0.717, 1.165) is 36.2 Å². The third kappa shape index (κ3) is 3.64. The number of rotatable bonds is 4. The molecule has 4 rings (SSSR count). The van der Waals surface area contributed by atoms with Gasteiger partial charge in [0.1, 0.15) is 0 Å². The van der Waals surface area contributed by atoms with Crippen LogP contribution in [0, 0.1) is 0 Å². The van der Waals surface area contributed by atoms with Gasteiger partial charge in [-0.25, -0.2) is 4.79 Å². The van der Waals surface area contributed by atoms with Crippen molar-refractivity contribution in [1.82, 2.24) is 5.32 Å². The molecule has 1 aliphatic rings. The normalized spacial score (nSPS) is 19.6. The first-order chi connectivity index (χ1) is 13.2. The summed E-state index contributed by atoms with van der Waals surface area (Å²) in [6.07, 6.45) is 1.04. The van der Waals surface area contributed by atoms with Crippen LogP contribution in [0.3, 0.4) is 0 Å². The summed E-state index contributed by atoms with van der Waals surface area (Å²) in [7, 11) is 0. The number of carboxylic acids is 1. The maximum absolute atomic E-state index is 11.6. The van der Waals surface area contributed by atoms with Gasteiger partial charge in [-0.2, -0.15) is 0 Å². The van der Waals surface area contributed by atoms with Gasteiger partial charge >= 0.3 is 5.97 Å². The van der Waals surface area contributed by atoms with Crippen LogP contribution in [0.5, 0.6) is 0 Å². The lowest BCUT2D eigenvalue weighted by Crippen LogP contribution is -2.34. The largest absolute Gasteiger partial charge is 0.478 e. The molecule has 3 aromatic rings. The van der Waals surface area contributed by atoms with Crippen molar-refractivity contribution >= 4 is 5.97 Å². The Kier molecular flexibility index (Phi) is 5.03. The highest BCUT2D eigenvalue weighted by molar-refractivity contribution is 5.89. The van der Waals surface area contributed by atoms with Crippen molar-refractivity contribution in [3.63, 3.8) is 0 Å². The average molecular weight is 357 g/mol. The van der Waals surface area contributed by atoms with E-state index in [-0.39, 0.29) is 5.92 Å². The summed E-state index contributed by atoms with van der Waals surface area (Å²) in [5, 5.41) is 13.0. The number of nitrogens with one attached hydrogen (secondary N) is 1. The lowest BCUT2D eigenvalue weighted by molar-refractivity contribution is 0.0696. The molecule has 27 heavy (non-hydrogen) atoms. The van der Waals surface area contributed by atoms with Crippen molar-refractivity contribution in [3.8, 4) is 11.1 Å². The topological polar surface area (TPSA) is 49.3 Å². The van der Waals surface area contributed by atoms with Gasteiger partial charge in [0.15, 0.2) is 0 Å². The summed E-state index contributed by atoms with van der Waals surface area (Å²) in [4.78, 5) is 11.6. The second-order valence-electron chi connectivity index (χ2n) is 7.09. The number of benzene rings is 3. The van der Waals surface area contributed by atoms with Crippen molar-refractivity contribution < 1.29 is 9.90 Å². The standard InChI is InChI=1S/C24H23NO2/c26-24(27)19-11-12-20(17-7-3-1-4-8-17)22(15-19)23-16-25-14-13-21(23)18-9-5-2-6-10-18/h1-12,15,21,23,25H,13-14,16H2,(H,26,27). The Morgan fingerprint density at radius 2 is 1.59 bits per heavy atom. The van der Waals surface area contributed by atoms with Crippen LogP contribution in [0.1, 0.15) is 39.7 Å². The molecule has 0 bridgehead atoms. The Balaban J connectivity index is 1.84. The van der Waals surface area contributed by atoms with E-state index in [2.05, 4.69) is 41.7 Å². The first-order valence-electron chi connectivity index (χ1n) is 9.42. The van der Waals surface area contributed by atoms with E-state index in [4.69, 9.17) is 0 Å². The Morgan fingerprint density at radius 1 is 0.889 bits per heavy atom. The SMILES string of the molecule is O=C(O)c1ccc(-c2ccccc2)c(C2CNCCC2c2ccccc2)c1. The molecular weight excluding hydrogens is 334 g/mol. The van der Waals surface area contributed by atoms with Crippen molar-refractivity contribution in [2.75, 3.05) is 13.1 Å². The van der Waals surface area contributed by atoms with Crippen LogP contribution in [0.2, 0.25) is 0 Å². The summed E-state index contributed by atoms with van der Waals surface area (Å²) in [5.41, 5.74) is 5.03. The monoisotopic (exact) mass is 357 g/mol. The second kappa shape index (κ2) is 7.77. The quantitative estimate of drug-likeness (QED) is 0.697. The van der Waals surface area contributed by atoms with Gasteiger partial charge in [0.05, 0.1) is 5.56 Å². The van der Waals surface area contributed by atoms with E-state index < -0.39 is 5.97 Å². The van der Waals surface area contributed by atoms with E-state index in [1.54, 1.807) is 6.07 Å². The molecule has 1 heterocycles. The van der Waals surface area contributed by atoms with Crippen molar-refractivity contribution in [2.24, 2.45) is 0 Å². The summed E-state index contributed by atoms with van der Waals surface area (Å²) in [5.74, 6) is -0.273. The lowest BCUT2D eigenvalue weighted by atomic mass is 9.75. The van der Waals surface area contributed by atoms with Gasteiger partial charge in [0, 0.05) is 12.5 Å². The zero-order valence-electron chi connectivity index (χ0n) is 15.1. The summed E-state index contributed by atoms with van der Waals surface area (Å²) in [6, 6.07) is 26.4. The third-order valence-corrected chi connectivity index (χ3v) is 5.49. The average Bonchev–Trinajstić information content (AvgIpc) is 2.74. The van der Waals surface area contributed by atoms with Crippen LogP contribution >= 0.6 is 0 Å². The fraction of sp³-hybridized carbons (Fsp3) is 0.208. The fourth-order valence-corrected chi connectivity index (χ4v) is 4.17. The molecule has 136 valence electrons. The van der Waals surface area contributed by atoms with Gasteiger partial charge in [-0.05, 0) is 53.3 Å². The van der Waals surface area contributed by atoms with Crippen LogP contribution in [-0.2, 0) is 0 Å². The molecule has 2 atom stereocenters. The molecule has 0 aliphatic carbocycles. The smallest absolute Gasteiger partial charge is 0.335 e. The lowest BCUT2D eigenvalue weighted by Gasteiger charge is -2.34. The molecule has 2 unspecified atom stereocenters. The Hall–Kier alpha value is -2.91. The predicted molar refractivity (Wildman–Crippen MR) is 108 cm³/mol. The second-order valence-corrected chi connectivity index (χ2v) is 7.09. The number of carboxylic acid groups (broad SMARTS) is 1. The maximum Gasteiger partial charge on any atom is 0.335 e. The highest BCUT2D eigenvalue weighted by Gasteiger charge is 2.30. The molecule has 1 aliphatic heterocycles. The highest BCUT2D eigenvalue weighted by atomic mass is 16.4. The predicted octanol–water partition coefficient (Wildman–Crippen LogP) is 4.91. The first kappa shape index (κ1) is 17.5. The minimum absolute atomic E-state index is 0.232. The van der Waals surface area contributed by atoms with Crippen LogP contribution < -0.4 is 5.32 Å². The van der Waals surface area contributed by atoms with Gasteiger partial charge < -0.3 is 10.4 Å². The van der Waals surface area contributed by atoms with Crippen LogP contribution in [0.25, 0.3) is 11.1 Å². The number of piperidine rings is 1. The molecule has 0 aromatic heterocycles. The van der Waals surface area contributed by atoms with E-state index >= 15 is 0 Å². The molecule has 3 aromatic carbocycles. The van der Waals surface area contributed by atoms with Crippen molar-refractivity contribution in [1.29, 1.82) is 0 Å². The van der Waals surface area contributed by atoms with Gasteiger partial charge in [0.2, 0.25) is 0 Å². The third-order valence-electron chi connectivity index (χ3n) is 5.49. The molecule has 2 N–H and O–H groups in total. The maximum atomic E-state index is 11.6. The van der Waals surface area contributed by atoms with Gasteiger partial charge in [-0.3, -0.25) is 0 Å². The van der Waals surface area contributed by atoms with E-state index in [0.29, 0.717) is 11.5 Å². The first-order valence-corrected chi connectivity index (χ1v) is 9.42. The zero-order chi connectivity index (χ0) is 18.6. The minimum Gasteiger partial charge on any atom is -0.478 e. The number of hydrogen-bond acceptors (Lipinski definition) is 2. The van der Waals surface area contributed by atoms with E-state index in [9.17, 15) is 9.90 Å². The number of carbonyl (C=O) groups is 1. The Morgan fingerprint density at radius 3 is 2.30 bits per heavy atom. The molecule has 1 saturated heterocycles. The van der Waals surface area contributed by atoms with E-state index in [1.807, 2.05) is 36.4 Å². The Bertz CT molecular complexity index is 922. The molecule has 0 spiro atoms. The van der Waals surface area contributed by atoms with Gasteiger partial charge in [0.25, 0.3) is 0 Å². The van der Waals surface area contributed by atoms with Gasteiger partial charge in [-0.1, -0.05) is 66.7 Å². The van der Waals surface area contributed by atoms with Crippen LogP contribution in [-0.4, -0.2) is 24.2 Å². The molecule has 0 saturated carbocycles. The molecule has 3 heteroatoms. The molecular formula is C24H23NO2. The Labute approximate surface area is 159 Å². The van der Waals surface area contributed by atoms with Gasteiger partial charge in [-0.15, -0.1) is 0 Å². The number of hydrogen-bond donors (Lipinski definition) is 2. The summed E-state index contributed by atoms with van der Waals surface area (Å²) >= 11 is 0. The molecule has 1 fully saturated rings. The summed E-state index contributed by atoms with van der Waals surface area (Å²) in [6.45, 7) is 1.83.